The monoisotopic (exact) mass is 524 g/mol. The standard InChI is InChI=1S/C26H25BrN2O5/c1-2-22(26(32)17-6-10-21(11-7-17)29(33)34)25(31)12-8-18(23-5-3-4-14-28-23)15-19-16-20(27)9-13-24(19)30/h2-7,9-11,13-16,22,25-26,30-32H,1,8,12H2/b18-15-/t22-,25-,26-/m1/s1. The number of aromatic hydroxyl groups is 1. The molecule has 0 spiro atoms. The molecular weight excluding hydrogens is 500 g/mol. The van der Waals surface area contributed by atoms with E-state index >= 15 is 0 Å². The number of aliphatic hydroxyl groups is 2. The van der Waals surface area contributed by atoms with Crippen LogP contribution in [0.5, 0.6) is 5.75 Å². The summed E-state index contributed by atoms with van der Waals surface area (Å²) in [6, 6.07) is 16.2. The van der Waals surface area contributed by atoms with Crippen molar-refractivity contribution in [3.8, 4) is 5.75 Å². The molecule has 0 radical (unpaired) electrons. The van der Waals surface area contributed by atoms with Gasteiger partial charge in [0.2, 0.25) is 0 Å². The van der Waals surface area contributed by atoms with Crippen molar-refractivity contribution in [1.82, 2.24) is 4.98 Å². The number of non-ortho nitro benzene ring substituents is 1. The number of hydrogen-bond acceptors (Lipinski definition) is 6. The molecule has 0 aliphatic carbocycles. The van der Waals surface area contributed by atoms with Gasteiger partial charge in [0.25, 0.3) is 5.69 Å². The van der Waals surface area contributed by atoms with Gasteiger partial charge in [-0.25, -0.2) is 0 Å². The summed E-state index contributed by atoms with van der Waals surface area (Å²) in [6.45, 7) is 3.76. The third-order valence-corrected chi connectivity index (χ3v) is 6.04. The first-order valence-corrected chi connectivity index (χ1v) is 11.4. The highest BCUT2D eigenvalue weighted by molar-refractivity contribution is 9.10. The van der Waals surface area contributed by atoms with Gasteiger partial charge in [-0.1, -0.05) is 28.1 Å². The Morgan fingerprint density at radius 1 is 1.15 bits per heavy atom. The third kappa shape index (κ3) is 6.38. The summed E-state index contributed by atoms with van der Waals surface area (Å²) < 4.78 is 0.815. The van der Waals surface area contributed by atoms with Gasteiger partial charge in [0.1, 0.15) is 5.75 Å². The van der Waals surface area contributed by atoms with Gasteiger partial charge in [0.15, 0.2) is 0 Å². The maximum absolute atomic E-state index is 10.9. The van der Waals surface area contributed by atoms with Crippen molar-refractivity contribution in [3.05, 3.63) is 111 Å². The normalized spacial score (nSPS) is 14.3. The van der Waals surface area contributed by atoms with Crippen LogP contribution in [0.1, 0.15) is 35.8 Å². The minimum Gasteiger partial charge on any atom is -0.507 e. The minimum absolute atomic E-state index is 0.0763. The largest absolute Gasteiger partial charge is 0.507 e. The molecule has 0 unspecified atom stereocenters. The SMILES string of the molecule is C=C[C@H]([C@H](O)CC/C(=C/c1cc(Br)ccc1O)c1ccccn1)[C@H](O)c1ccc([N+](=O)[O-])cc1. The number of aromatic nitrogens is 1. The van der Waals surface area contributed by atoms with Gasteiger partial charge >= 0.3 is 0 Å². The van der Waals surface area contributed by atoms with Gasteiger partial charge < -0.3 is 15.3 Å². The molecule has 1 aromatic heterocycles. The Kier molecular flexibility index (Phi) is 8.70. The highest BCUT2D eigenvalue weighted by Crippen LogP contribution is 2.32. The summed E-state index contributed by atoms with van der Waals surface area (Å²) in [5.74, 6) is -0.569. The summed E-state index contributed by atoms with van der Waals surface area (Å²) in [5.41, 5.74) is 2.50. The Labute approximate surface area is 206 Å². The zero-order valence-corrected chi connectivity index (χ0v) is 19.9. The molecule has 2 aromatic carbocycles. The van der Waals surface area contributed by atoms with E-state index in [9.17, 15) is 25.4 Å². The van der Waals surface area contributed by atoms with Crippen molar-refractivity contribution in [3.63, 3.8) is 0 Å². The second-order valence-corrected chi connectivity index (χ2v) is 8.72. The molecule has 8 heteroatoms. The average Bonchev–Trinajstić information content (AvgIpc) is 2.84. The van der Waals surface area contributed by atoms with E-state index in [1.54, 1.807) is 30.5 Å². The van der Waals surface area contributed by atoms with Crippen LogP contribution in [-0.2, 0) is 0 Å². The van der Waals surface area contributed by atoms with Gasteiger partial charge in [-0.3, -0.25) is 15.1 Å². The maximum atomic E-state index is 10.9. The molecule has 3 atom stereocenters. The fraction of sp³-hybridized carbons (Fsp3) is 0.192. The molecule has 0 fully saturated rings. The Hall–Kier alpha value is -3.33. The first kappa shape index (κ1) is 25.3. The van der Waals surface area contributed by atoms with E-state index < -0.39 is 23.0 Å². The van der Waals surface area contributed by atoms with Crippen LogP contribution in [0.3, 0.4) is 0 Å². The lowest BCUT2D eigenvalue weighted by atomic mass is 9.87. The van der Waals surface area contributed by atoms with Crippen molar-refractivity contribution >= 4 is 33.3 Å². The molecule has 3 aromatic rings. The molecule has 0 amide bonds. The molecule has 1 heterocycles. The number of rotatable bonds is 10. The smallest absolute Gasteiger partial charge is 0.269 e. The summed E-state index contributed by atoms with van der Waals surface area (Å²) in [6.07, 6.45) is 3.67. The zero-order valence-electron chi connectivity index (χ0n) is 18.3. The Morgan fingerprint density at radius 3 is 2.50 bits per heavy atom. The fourth-order valence-corrected chi connectivity index (χ4v) is 4.04. The van der Waals surface area contributed by atoms with Gasteiger partial charge in [-0.15, -0.1) is 6.58 Å². The van der Waals surface area contributed by atoms with E-state index in [1.807, 2.05) is 18.2 Å². The number of allylic oxidation sites excluding steroid dienone is 1. The number of nitro benzene ring substituents is 1. The molecule has 0 saturated heterocycles. The zero-order chi connectivity index (χ0) is 24.7. The first-order valence-electron chi connectivity index (χ1n) is 10.6. The van der Waals surface area contributed by atoms with Gasteiger partial charge in [-0.2, -0.15) is 0 Å². The van der Waals surface area contributed by atoms with Crippen LogP contribution in [0.25, 0.3) is 11.6 Å². The topological polar surface area (TPSA) is 117 Å². The lowest BCUT2D eigenvalue weighted by Gasteiger charge is -2.25. The van der Waals surface area contributed by atoms with Crippen LogP contribution in [0, 0.1) is 16.0 Å². The fourth-order valence-electron chi connectivity index (χ4n) is 3.66. The van der Waals surface area contributed by atoms with Gasteiger partial charge in [-0.05, 0) is 72.5 Å². The van der Waals surface area contributed by atoms with Crippen LogP contribution in [-0.4, -0.2) is 31.3 Å². The van der Waals surface area contributed by atoms with Crippen LogP contribution < -0.4 is 0 Å². The van der Waals surface area contributed by atoms with Crippen LogP contribution in [0.15, 0.2) is 84.0 Å². The second-order valence-electron chi connectivity index (χ2n) is 7.80. The summed E-state index contributed by atoms with van der Waals surface area (Å²) >= 11 is 3.41. The summed E-state index contributed by atoms with van der Waals surface area (Å²) in [5, 5.41) is 42.8. The summed E-state index contributed by atoms with van der Waals surface area (Å²) in [4.78, 5) is 14.8. The van der Waals surface area contributed by atoms with E-state index in [0.717, 1.165) is 10.0 Å². The molecule has 3 rings (SSSR count). The molecule has 0 aliphatic heterocycles. The molecule has 0 saturated carbocycles. The second kappa shape index (κ2) is 11.7. The number of nitrogens with zero attached hydrogens (tertiary/aromatic N) is 2. The lowest BCUT2D eigenvalue weighted by molar-refractivity contribution is -0.384. The van der Waals surface area contributed by atoms with Gasteiger partial charge in [0.05, 0.1) is 22.8 Å². The van der Waals surface area contributed by atoms with E-state index in [1.165, 1.54) is 30.3 Å². The molecular formula is C26H25BrN2O5. The molecule has 3 N–H and O–H groups in total. The van der Waals surface area contributed by atoms with E-state index in [-0.39, 0.29) is 17.9 Å². The molecule has 7 nitrogen and oxygen atoms in total. The van der Waals surface area contributed by atoms with Crippen molar-refractivity contribution in [2.24, 2.45) is 5.92 Å². The Balaban J connectivity index is 1.80. The number of halogens is 1. The number of benzene rings is 2. The van der Waals surface area contributed by atoms with Gasteiger partial charge in [0, 0.05) is 34.3 Å². The van der Waals surface area contributed by atoms with E-state index in [4.69, 9.17) is 0 Å². The van der Waals surface area contributed by atoms with E-state index in [2.05, 4.69) is 27.5 Å². The molecule has 34 heavy (non-hydrogen) atoms. The van der Waals surface area contributed by atoms with Crippen molar-refractivity contribution < 1.29 is 20.2 Å². The first-order chi connectivity index (χ1) is 16.3. The van der Waals surface area contributed by atoms with Crippen molar-refractivity contribution in [1.29, 1.82) is 0 Å². The number of aliphatic hydroxyl groups excluding tert-OH is 2. The number of hydrogen-bond donors (Lipinski definition) is 3. The average molecular weight is 525 g/mol. The third-order valence-electron chi connectivity index (χ3n) is 5.55. The quantitative estimate of drug-likeness (QED) is 0.178. The van der Waals surface area contributed by atoms with Crippen molar-refractivity contribution in [2.75, 3.05) is 0 Å². The Morgan fingerprint density at radius 2 is 1.88 bits per heavy atom. The number of nitro groups is 1. The summed E-state index contributed by atoms with van der Waals surface area (Å²) in [7, 11) is 0. The van der Waals surface area contributed by atoms with E-state index in [0.29, 0.717) is 23.2 Å². The predicted octanol–water partition coefficient (Wildman–Crippen LogP) is 5.68. The predicted molar refractivity (Wildman–Crippen MR) is 135 cm³/mol. The highest BCUT2D eigenvalue weighted by atomic mass is 79.9. The molecule has 176 valence electrons. The van der Waals surface area contributed by atoms with Crippen LogP contribution in [0.4, 0.5) is 5.69 Å². The maximum Gasteiger partial charge on any atom is 0.269 e. The van der Waals surface area contributed by atoms with Crippen LogP contribution in [0.2, 0.25) is 0 Å². The van der Waals surface area contributed by atoms with Crippen molar-refractivity contribution in [2.45, 2.75) is 25.0 Å². The molecule has 0 bridgehead atoms. The molecule has 0 aliphatic rings. The number of pyridine rings is 1. The number of phenolic OH excluding ortho intramolecular Hbond substituents is 1. The van der Waals surface area contributed by atoms with Crippen LogP contribution >= 0.6 is 15.9 Å². The highest BCUT2D eigenvalue weighted by Gasteiger charge is 2.26. The Bertz CT molecular complexity index is 1170. The number of phenols is 1. The minimum atomic E-state index is -1.08. The lowest BCUT2D eigenvalue weighted by Crippen LogP contribution is -2.25.